The second kappa shape index (κ2) is 5.93. The first-order valence-corrected chi connectivity index (χ1v) is 6.21. The van der Waals surface area contributed by atoms with Gasteiger partial charge in [-0.2, -0.15) is 0 Å². The van der Waals surface area contributed by atoms with Gasteiger partial charge in [-0.05, 0) is 51.8 Å². The van der Waals surface area contributed by atoms with Crippen molar-refractivity contribution in [2.24, 2.45) is 5.73 Å². The molecule has 2 aromatic rings. The molecule has 0 saturated carbocycles. The van der Waals surface area contributed by atoms with Crippen LogP contribution in [0.4, 0.5) is 4.39 Å². The third-order valence-corrected chi connectivity index (χ3v) is 3.07. The summed E-state index contributed by atoms with van der Waals surface area (Å²) < 4.78 is 19.2. The maximum atomic E-state index is 13.1. The van der Waals surface area contributed by atoms with Crippen molar-refractivity contribution in [2.75, 3.05) is 6.54 Å². The summed E-state index contributed by atoms with van der Waals surface area (Å²) >= 11 is 3.12. The Morgan fingerprint density at radius 2 is 2.00 bits per heavy atom. The third kappa shape index (κ3) is 3.05. The van der Waals surface area contributed by atoms with Gasteiger partial charge < -0.3 is 10.5 Å². The average Bonchev–Trinajstić information content (AvgIpc) is 2.41. The molecule has 1 unspecified atom stereocenters. The van der Waals surface area contributed by atoms with Crippen LogP contribution in [-0.4, -0.2) is 11.5 Å². The topological polar surface area (TPSA) is 48.1 Å². The van der Waals surface area contributed by atoms with Gasteiger partial charge in [0.1, 0.15) is 17.7 Å². The number of rotatable bonds is 4. The van der Waals surface area contributed by atoms with Gasteiger partial charge in [-0.3, -0.25) is 4.98 Å². The van der Waals surface area contributed by atoms with Crippen LogP contribution in [0.3, 0.4) is 0 Å². The smallest absolute Gasteiger partial charge is 0.137 e. The number of nitrogens with zero attached hydrogens (tertiary/aromatic N) is 1. The standard InChI is InChI=1S/C13H12BrFN2O/c14-11-7-10(1-2-12(11)15)18-13(8-16)9-3-5-17-6-4-9/h1-7,13H,8,16H2. The maximum Gasteiger partial charge on any atom is 0.137 e. The van der Waals surface area contributed by atoms with Gasteiger partial charge in [0.05, 0.1) is 4.47 Å². The summed E-state index contributed by atoms with van der Waals surface area (Å²) in [5, 5.41) is 0. The van der Waals surface area contributed by atoms with E-state index < -0.39 is 0 Å². The molecule has 94 valence electrons. The molecule has 3 nitrogen and oxygen atoms in total. The van der Waals surface area contributed by atoms with E-state index in [9.17, 15) is 4.39 Å². The van der Waals surface area contributed by atoms with E-state index in [0.717, 1.165) is 5.56 Å². The highest BCUT2D eigenvalue weighted by Gasteiger charge is 2.12. The Morgan fingerprint density at radius 1 is 1.28 bits per heavy atom. The molecular weight excluding hydrogens is 299 g/mol. The lowest BCUT2D eigenvalue weighted by molar-refractivity contribution is 0.213. The van der Waals surface area contributed by atoms with Crippen molar-refractivity contribution in [3.8, 4) is 5.75 Å². The van der Waals surface area contributed by atoms with Crippen molar-refractivity contribution in [2.45, 2.75) is 6.10 Å². The SMILES string of the molecule is NCC(Oc1ccc(F)c(Br)c1)c1ccncc1. The van der Waals surface area contributed by atoms with Crippen molar-refractivity contribution in [1.82, 2.24) is 4.98 Å². The fraction of sp³-hybridized carbons (Fsp3) is 0.154. The highest BCUT2D eigenvalue weighted by molar-refractivity contribution is 9.10. The predicted octanol–water partition coefficient (Wildman–Crippen LogP) is 3.06. The molecular formula is C13H12BrFN2O. The summed E-state index contributed by atoms with van der Waals surface area (Å²) in [6.45, 7) is 0.332. The molecule has 0 bridgehead atoms. The Labute approximate surface area is 113 Å². The minimum Gasteiger partial charge on any atom is -0.484 e. The van der Waals surface area contributed by atoms with Gasteiger partial charge in [0.25, 0.3) is 0 Å². The maximum absolute atomic E-state index is 13.1. The highest BCUT2D eigenvalue weighted by Crippen LogP contribution is 2.25. The first kappa shape index (κ1) is 13.0. The summed E-state index contributed by atoms with van der Waals surface area (Å²) in [5.74, 6) is 0.242. The Hall–Kier alpha value is -1.46. The van der Waals surface area contributed by atoms with Gasteiger partial charge in [0.2, 0.25) is 0 Å². The lowest BCUT2D eigenvalue weighted by Crippen LogP contribution is -2.18. The van der Waals surface area contributed by atoms with Crippen LogP contribution in [0.1, 0.15) is 11.7 Å². The van der Waals surface area contributed by atoms with E-state index in [1.807, 2.05) is 12.1 Å². The molecule has 0 aliphatic carbocycles. The Balaban J connectivity index is 2.18. The van der Waals surface area contributed by atoms with Gasteiger partial charge in [-0.1, -0.05) is 0 Å². The molecule has 2 N–H and O–H groups in total. The van der Waals surface area contributed by atoms with Crippen LogP contribution in [0.2, 0.25) is 0 Å². The van der Waals surface area contributed by atoms with E-state index >= 15 is 0 Å². The van der Waals surface area contributed by atoms with E-state index in [1.54, 1.807) is 24.5 Å². The molecule has 5 heteroatoms. The number of hydrogen-bond donors (Lipinski definition) is 1. The molecule has 0 fully saturated rings. The summed E-state index contributed by atoms with van der Waals surface area (Å²) in [7, 11) is 0. The molecule has 2 rings (SSSR count). The Bertz CT molecular complexity index is 522. The second-order valence-electron chi connectivity index (χ2n) is 3.70. The minimum absolute atomic E-state index is 0.273. The number of halogens is 2. The average molecular weight is 311 g/mol. The number of ether oxygens (including phenoxy) is 1. The third-order valence-electron chi connectivity index (χ3n) is 2.46. The highest BCUT2D eigenvalue weighted by atomic mass is 79.9. The molecule has 1 atom stereocenters. The molecule has 0 amide bonds. The number of benzene rings is 1. The first-order valence-electron chi connectivity index (χ1n) is 5.42. The first-order chi connectivity index (χ1) is 8.70. The van der Waals surface area contributed by atoms with Crippen LogP contribution in [0.25, 0.3) is 0 Å². The minimum atomic E-state index is -0.324. The van der Waals surface area contributed by atoms with Crippen LogP contribution in [0.15, 0.2) is 47.2 Å². The normalized spacial score (nSPS) is 12.2. The molecule has 0 aliphatic rings. The van der Waals surface area contributed by atoms with Crippen LogP contribution in [0.5, 0.6) is 5.75 Å². The van der Waals surface area contributed by atoms with E-state index in [4.69, 9.17) is 10.5 Å². The molecule has 0 aliphatic heterocycles. The Kier molecular flexibility index (Phi) is 4.28. The fourth-order valence-electron chi connectivity index (χ4n) is 1.54. The van der Waals surface area contributed by atoms with E-state index in [-0.39, 0.29) is 11.9 Å². The second-order valence-corrected chi connectivity index (χ2v) is 4.55. The lowest BCUT2D eigenvalue weighted by atomic mass is 10.1. The van der Waals surface area contributed by atoms with Gasteiger partial charge in [0, 0.05) is 18.9 Å². The zero-order chi connectivity index (χ0) is 13.0. The van der Waals surface area contributed by atoms with Crippen LogP contribution in [0, 0.1) is 5.82 Å². The molecule has 0 spiro atoms. The van der Waals surface area contributed by atoms with Crippen LogP contribution >= 0.6 is 15.9 Å². The predicted molar refractivity (Wildman–Crippen MR) is 70.8 cm³/mol. The number of aromatic nitrogens is 1. The molecule has 18 heavy (non-hydrogen) atoms. The van der Waals surface area contributed by atoms with Gasteiger partial charge in [-0.15, -0.1) is 0 Å². The van der Waals surface area contributed by atoms with E-state index in [0.29, 0.717) is 16.8 Å². The number of hydrogen-bond acceptors (Lipinski definition) is 3. The van der Waals surface area contributed by atoms with Gasteiger partial charge >= 0.3 is 0 Å². The molecule has 1 heterocycles. The van der Waals surface area contributed by atoms with Crippen molar-refractivity contribution in [1.29, 1.82) is 0 Å². The monoisotopic (exact) mass is 310 g/mol. The van der Waals surface area contributed by atoms with Crippen molar-refractivity contribution >= 4 is 15.9 Å². The summed E-state index contributed by atoms with van der Waals surface area (Å²) in [4.78, 5) is 3.94. The van der Waals surface area contributed by atoms with Gasteiger partial charge in [0.15, 0.2) is 0 Å². The van der Waals surface area contributed by atoms with Crippen molar-refractivity contribution in [3.05, 3.63) is 58.6 Å². The van der Waals surface area contributed by atoms with Crippen LogP contribution in [-0.2, 0) is 0 Å². The fourth-order valence-corrected chi connectivity index (χ4v) is 1.90. The number of pyridine rings is 1. The summed E-state index contributed by atoms with van der Waals surface area (Å²) in [5.41, 5.74) is 6.63. The zero-order valence-electron chi connectivity index (χ0n) is 9.51. The molecule has 1 aromatic heterocycles. The lowest BCUT2D eigenvalue weighted by Gasteiger charge is -2.17. The largest absolute Gasteiger partial charge is 0.484 e. The van der Waals surface area contributed by atoms with Gasteiger partial charge in [-0.25, -0.2) is 4.39 Å². The van der Waals surface area contributed by atoms with E-state index in [2.05, 4.69) is 20.9 Å². The summed E-state index contributed by atoms with van der Waals surface area (Å²) in [6, 6.07) is 8.19. The van der Waals surface area contributed by atoms with E-state index in [1.165, 1.54) is 6.07 Å². The molecule has 1 aromatic carbocycles. The summed E-state index contributed by atoms with van der Waals surface area (Å²) in [6.07, 6.45) is 3.09. The van der Waals surface area contributed by atoms with Crippen LogP contribution < -0.4 is 10.5 Å². The Morgan fingerprint density at radius 3 is 2.61 bits per heavy atom. The molecule has 0 radical (unpaired) electrons. The number of nitrogens with two attached hydrogens (primary N) is 1. The van der Waals surface area contributed by atoms with Crippen molar-refractivity contribution in [3.63, 3.8) is 0 Å². The molecule has 0 saturated heterocycles. The van der Waals surface area contributed by atoms with Crippen molar-refractivity contribution < 1.29 is 9.13 Å². The zero-order valence-corrected chi connectivity index (χ0v) is 11.1. The quantitative estimate of drug-likeness (QED) is 0.944.